The number of rotatable bonds is 22. The van der Waals surface area contributed by atoms with E-state index >= 15 is 0 Å². The van der Waals surface area contributed by atoms with E-state index in [2.05, 4.69) is 0 Å². The number of aliphatic hydroxyl groups is 3. The van der Waals surface area contributed by atoms with Crippen LogP contribution in [0.25, 0.3) is 11.1 Å². The molecule has 3 amide bonds. The van der Waals surface area contributed by atoms with Crippen LogP contribution in [-0.4, -0.2) is 63.7 Å². The molecule has 13 rings (SSSR count). The van der Waals surface area contributed by atoms with Gasteiger partial charge in [0.15, 0.2) is 0 Å². The van der Waals surface area contributed by atoms with Gasteiger partial charge in [0.05, 0.1) is 36.4 Å². The van der Waals surface area contributed by atoms with Crippen molar-refractivity contribution >= 4 is 34.8 Å². The number of carbonyl (C=O) groups excluding carboxylic acids is 3. The Morgan fingerprint density at radius 3 is 0.922 bits per heavy atom. The molecule has 4 unspecified atom stereocenters. The fourth-order valence-electron chi connectivity index (χ4n) is 14.5. The third-order valence-corrected chi connectivity index (χ3v) is 19.5. The molecule has 0 bridgehead atoms. The Balaban J connectivity index is 0.000000155. The predicted octanol–water partition coefficient (Wildman–Crippen LogP) is 17.4. The molecule has 15 nitrogen and oxygen atoms in total. The van der Waals surface area contributed by atoms with Gasteiger partial charge in [0.1, 0.15) is 51.9 Å². The molecular formula is C84H82F3N3O12. The zero-order valence-electron chi connectivity index (χ0n) is 56.0. The first-order chi connectivity index (χ1) is 49.3. The monoisotopic (exact) mass is 1380 g/mol. The number of hydrogen-bond donors (Lipinski definition) is 9. The summed E-state index contributed by atoms with van der Waals surface area (Å²) in [4.78, 5) is 44.5. The van der Waals surface area contributed by atoms with E-state index in [1.165, 1.54) is 60.7 Å². The van der Waals surface area contributed by atoms with Crippen LogP contribution in [0.3, 0.4) is 0 Å². The second kappa shape index (κ2) is 33.5. The minimum atomic E-state index is -0.716. The van der Waals surface area contributed by atoms with E-state index < -0.39 is 18.3 Å². The number of para-hydroxylation sites is 3. The van der Waals surface area contributed by atoms with Crippen LogP contribution in [0.5, 0.6) is 34.5 Å². The topological polar surface area (TPSA) is 243 Å². The fraction of sp³-hybridized carbons (Fsp3) is 0.250. The van der Waals surface area contributed by atoms with E-state index in [0.29, 0.717) is 110 Å². The van der Waals surface area contributed by atoms with Gasteiger partial charge in [-0.2, -0.15) is 0 Å². The summed E-state index contributed by atoms with van der Waals surface area (Å²) in [5.41, 5.74) is 7.63. The van der Waals surface area contributed by atoms with Crippen LogP contribution < -0.4 is 14.7 Å². The van der Waals surface area contributed by atoms with Crippen LogP contribution in [0.2, 0.25) is 0 Å². The van der Waals surface area contributed by atoms with E-state index in [-0.39, 0.29) is 106 Å². The first kappa shape index (κ1) is 72.3. The summed E-state index contributed by atoms with van der Waals surface area (Å²) in [7, 11) is 0. The lowest BCUT2D eigenvalue weighted by Gasteiger charge is -2.30. The number of phenols is 6. The molecule has 0 radical (unpaired) electrons. The minimum Gasteiger partial charge on any atom is -0.508 e. The van der Waals surface area contributed by atoms with Gasteiger partial charge in [-0.3, -0.25) is 14.4 Å². The molecule has 0 saturated carbocycles. The number of hydrogen-bond acceptors (Lipinski definition) is 12. The average molecular weight is 1380 g/mol. The van der Waals surface area contributed by atoms with Gasteiger partial charge >= 0.3 is 0 Å². The smallest absolute Gasteiger partial charge is 0.227 e. The van der Waals surface area contributed by atoms with Crippen LogP contribution in [0.4, 0.5) is 30.2 Å². The number of benzene rings is 10. The van der Waals surface area contributed by atoms with Gasteiger partial charge in [-0.1, -0.05) is 135 Å². The van der Waals surface area contributed by atoms with Crippen LogP contribution in [0, 0.1) is 35.2 Å². The third-order valence-electron chi connectivity index (χ3n) is 19.5. The fourth-order valence-corrected chi connectivity index (χ4v) is 14.5. The lowest BCUT2D eigenvalue weighted by atomic mass is 9.87. The molecule has 10 aromatic rings. The predicted molar refractivity (Wildman–Crippen MR) is 385 cm³/mol. The quantitative estimate of drug-likeness (QED) is 0.0308. The molecular weight excluding hydrogens is 1300 g/mol. The number of anilines is 3. The highest BCUT2D eigenvalue weighted by atomic mass is 19.1. The maximum absolute atomic E-state index is 13.3. The van der Waals surface area contributed by atoms with Gasteiger partial charge < -0.3 is 60.7 Å². The Morgan fingerprint density at radius 2 is 0.618 bits per heavy atom. The van der Waals surface area contributed by atoms with Crippen molar-refractivity contribution in [3.63, 3.8) is 0 Å². The largest absolute Gasteiger partial charge is 0.508 e. The van der Waals surface area contributed by atoms with Crippen molar-refractivity contribution in [2.45, 2.75) is 113 Å². The lowest BCUT2D eigenvalue weighted by molar-refractivity contribution is -0.118. The Labute approximate surface area is 590 Å². The van der Waals surface area contributed by atoms with Crippen molar-refractivity contribution in [2.24, 2.45) is 17.8 Å². The summed E-state index contributed by atoms with van der Waals surface area (Å²) in [5.74, 6) is -1.27. The molecule has 0 aliphatic carbocycles. The Hall–Kier alpha value is -10.9. The van der Waals surface area contributed by atoms with Crippen LogP contribution in [-0.2, 0) is 14.4 Å². The highest BCUT2D eigenvalue weighted by Gasteiger charge is 2.45. The van der Waals surface area contributed by atoms with E-state index in [1.54, 1.807) is 87.5 Å². The van der Waals surface area contributed by atoms with Gasteiger partial charge in [-0.25, -0.2) is 13.2 Å². The van der Waals surface area contributed by atoms with Gasteiger partial charge in [0.25, 0.3) is 0 Å². The maximum atomic E-state index is 13.3. The molecule has 102 heavy (non-hydrogen) atoms. The zero-order valence-corrected chi connectivity index (χ0v) is 56.0. The molecule has 9 atom stereocenters. The van der Waals surface area contributed by atoms with Gasteiger partial charge in [-0.05, 0) is 199 Å². The minimum absolute atomic E-state index is 0.0123. The summed E-state index contributed by atoms with van der Waals surface area (Å²) in [6.45, 7) is 0. The summed E-state index contributed by atoms with van der Waals surface area (Å²) >= 11 is 0. The van der Waals surface area contributed by atoms with Crippen LogP contribution in [0.15, 0.2) is 243 Å². The number of carbonyl (C=O) groups is 3. The molecule has 0 spiro atoms. The number of amides is 3. The summed E-state index contributed by atoms with van der Waals surface area (Å²) in [6.07, 6.45) is 4.29. The highest BCUT2D eigenvalue weighted by molar-refractivity contribution is 5.98. The molecule has 3 heterocycles. The summed E-state index contributed by atoms with van der Waals surface area (Å²) < 4.78 is 39.5. The Bertz CT molecular complexity index is 4270. The van der Waals surface area contributed by atoms with Crippen molar-refractivity contribution in [2.75, 3.05) is 14.7 Å². The second-order valence-corrected chi connectivity index (χ2v) is 26.3. The molecule has 3 aliphatic heterocycles. The first-order valence-corrected chi connectivity index (χ1v) is 34.4. The average Bonchev–Trinajstić information content (AvgIpc) is 1.60. The molecule has 3 aliphatic rings. The van der Waals surface area contributed by atoms with Gasteiger partial charge in [0.2, 0.25) is 17.7 Å². The Morgan fingerprint density at radius 1 is 0.324 bits per heavy atom. The summed E-state index contributed by atoms with van der Waals surface area (Å²) in [5, 5.41) is 93.0. The molecule has 18 heteroatoms. The normalized spacial score (nSPS) is 18.8. The van der Waals surface area contributed by atoms with Crippen molar-refractivity contribution in [3.05, 3.63) is 293 Å². The van der Waals surface area contributed by atoms with E-state index in [9.17, 15) is 73.5 Å². The molecule has 3 fully saturated rings. The van der Waals surface area contributed by atoms with Crippen LogP contribution >= 0.6 is 0 Å². The standard InChI is InChI=1S/C32H30FNO4.2C26H26FNO4/c33-25-15-12-21(13-16-25)29(36)11-5-7-24-20-31(38)34(26-8-2-1-3-9-26)32(24)28-17-14-23(19-30(28)37)22-6-4-10-27(35)18-22;2*27-19-11-9-17(10-12-19)23(30)8-4-5-18-15-25(32)28(20-6-2-1-3-7-20)26(18)22-14-13-21(29)16-24(22)31/h1-4,6,8-10,12-19,24,29,32,35-37H,5,7,11,20H2;2*1-3,6-7,9-14,16,18,23,26,29-31H,4-5,8,15H2/t;18-,23?,26-;18-,23+,26-/m.00/s1. The highest BCUT2D eigenvalue weighted by Crippen LogP contribution is 2.50. The van der Waals surface area contributed by atoms with Crippen LogP contribution in [0.1, 0.15) is 147 Å². The maximum Gasteiger partial charge on any atom is 0.227 e. The van der Waals surface area contributed by atoms with E-state index in [4.69, 9.17) is 0 Å². The zero-order chi connectivity index (χ0) is 72.0. The number of aliphatic hydroxyl groups excluding tert-OH is 3. The van der Waals surface area contributed by atoms with Crippen molar-refractivity contribution in [1.82, 2.24) is 0 Å². The SMILES string of the molecule is O=C1CC(CCCC(O)c2ccc(F)cc2)C(c2ccc(-c3cccc(O)c3)cc2O)N1c1ccccc1.O=C1C[C@H](CCCC(O)c2ccc(F)cc2)[C@@H](c2ccc(O)cc2O)N1c1ccccc1.O=C1C[C@H](CCC[C@@H](O)c2ccc(F)cc2)[C@@H](c2ccc(O)cc2O)N1c1ccccc1. The molecule has 9 N–H and O–H groups in total. The first-order valence-electron chi connectivity index (χ1n) is 34.4. The Kier molecular flexibility index (Phi) is 23.8. The van der Waals surface area contributed by atoms with Crippen molar-refractivity contribution in [1.29, 1.82) is 0 Å². The molecule has 3 saturated heterocycles. The number of phenolic OH excluding ortho intramolecular Hbond substituents is 6. The molecule has 0 aromatic heterocycles. The lowest BCUT2D eigenvalue weighted by Crippen LogP contribution is -2.28. The van der Waals surface area contributed by atoms with Crippen molar-refractivity contribution < 1.29 is 73.5 Å². The van der Waals surface area contributed by atoms with Gasteiger partial charge in [-0.15, -0.1) is 0 Å². The second-order valence-electron chi connectivity index (χ2n) is 26.3. The van der Waals surface area contributed by atoms with Gasteiger partial charge in [0, 0.05) is 65.1 Å². The number of halogens is 3. The third kappa shape index (κ3) is 17.6. The molecule has 526 valence electrons. The van der Waals surface area contributed by atoms with Crippen molar-refractivity contribution in [3.8, 4) is 45.6 Å². The van der Waals surface area contributed by atoms with E-state index in [0.717, 1.165) is 28.2 Å². The molecule has 10 aromatic carbocycles. The summed E-state index contributed by atoms with van der Waals surface area (Å²) in [6, 6.07) is 65.6. The number of nitrogens with zero attached hydrogens (tertiary/aromatic N) is 3. The van der Waals surface area contributed by atoms with E-state index in [1.807, 2.05) is 109 Å². The number of aromatic hydroxyl groups is 6.